The van der Waals surface area contributed by atoms with Crippen LogP contribution in [0.5, 0.6) is 0 Å². The highest BCUT2D eigenvalue weighted by Crippen LogP contribution is 2.09. The summed E-state index contributed by atoms with van der Waals surface area (Å²) in [6.45, 7) is 1.37. The van der Waals surface area contributed by atoms with Crippen LogP contribution in [-0.2, 0) is 15.8 Å². The van der Waals surface area contributed by atoms with E-state index in [2.05, 4.69) is 10.0 Å². The molecule has 1 aliphatic heterocycles. The lowest BCUT2D eigenvalue weighted by atomic mass is 10.1. The molecule has 0 bridgehead atoms. The van der Waals surface area contributed by atoms with Gasteiger partial charge >= 0.3 is 0 Å². The second kappa shape index (κ2) is 6.45. The summed E-state index contributed by atoms with van der Waals surface area (Å²) in [5.41, 5.74) is 0.588. The van der Waals surface area contributed by atoms with E-state index >= 15 is 0 Å². The molecule has 2 rings (SSSR count). The third kappa shape index (κ3) is 4.89. The third-order valence-electron chi connectivity index (χ3n) is 3.23. The molecule has 1 aliphatic rings. The Balaban J connectivity index is 1.85. The molecule has 0 amide bonds. The van der Waals surface area contributed by atoms with Gasteiger partial charge in [0.15, 0.2) is 0 Å². The Kier molecular flexibility index (Phi) is 4.90. The van der Waals surface area contributed by atoms with Crippen molar-refractivity contribution in [1.82, 2.24) is 10.0 Å². The maximum absolute atomic E-state index is 12.7. The van der Waals surface area contributed by atoms with E-state index in [1.54, 1.807) is 0 Å². The van der Waals surface area contributed by atoms with E-state index in [1.807, 2.05) is 0 Å². The van der Waals surface area contributed by atoms with Gasteiger partial charge in [-0.15, -0.1) is 0 Å². The summed E-state index contributed by atoms with van der Waals surface area (Å²) in [5.74, 6) is -0.472. The fourth-order valence-corrected chi connectivity index (χ4v) is 3.37. The molecular weight excluding hydrogens is 267 g/mol. The molecule has 4 nitrogen and oxygen atoms in total. The molecule has 0 spiro atoms. The Morgan fingerprint density at radius 1 is 1.26 bits per heavy atom. The number of hydrogen-bond acceptors (Lipinski definition) is 3. The van der Waals surface area contributed by atoms with E-state index in [9.17, 15) is 12.8 Å². The Hall–Kier alpha value is -0.980. The number of benzene rings is 1. The Morgan fingerprint density at radius 3 is 2.63 bits per heavy atom. The van der Waals surface area contributed by atoms with Gasteiger partial charge in [-0.2, -0.15) is 0 Å². The average Bonchev–Trinajstić information content (AvgIpc) is 2.40. The second-order valence-corrected chi connectivity index (χ2v) is 6.69. The van der Waals surface area contributed by atoms with Crippen LogP contribution in [0, 0.1) is 5.82 Å². The monoisotopic (exact) mass is 286 g/mol. The Bertz CT molecular complexity index is 496. The first kappa shape index (κ1) is 14.4. The van der Waals surface area contributed by atoms with Crippen LogP contribution in [0.3, 0.4) is 0 Å². The standard InChI is InChI=1S/C13H19FN2O2S/c14-12-6-4-11(5-7-12)10-19(17,18)16-9-13-3-1-2-8-15-13/h4-7,13,15-16H,1-3,8-10H2. The minimum atomic E-state index is -3.36. The molecule has 1 saturated heterocycles. The van der Waals surface area contributed by atoms with E-state index in [1.165, 1.54) is 24.3 Å². The van der Waals surface area contributed by atoms with E-state index in [0.717, 1.165) is 25.8 Å². The zero-order chi connectivity index (χ0) is 13.7. The molecule has 19 heavy (non-hydrogen) atoms. The number of rotatable bonds is 5. The molecule has 1 fully saturated rings. The van der Waals surface area contributed by atoms with Crippen LogP contribution in [0.4, 0.5) is 4.39 Å². The zero-order valence-electron chi connectivity index (χ0n) is 10.7. The van der Waals surface area contributed by atoms with Gasteiger partial charge in [0, 0.05) is 12.6 Å². The lowest BCUT2D eigenvalue weighted by Crippen LogP contribution is -2.43. The van der Waals surface area contributed by atoms with Crippen molar-refractivity contribution in [3.05, 3.63) is 35.6 Å². The molecule has 0 saturated carbocycles. The molecule has 1 aromatic rings. The molecular formula is C13H19FN2O2S. The van der Waals surface area contributed by atoms with Crippen LogP contribution in [0.1, 0.15) is 24.8 Å². The van der Waals surface area contributed by atoms with E-state index in [0.29, 0.717) is 12.1 Å². The molecule has 1 unspecified atom stereocenters. The van der Waals surface area contributed by atoms with Gasteiger partial charge in [-0.3, -0.25) is 0 Å². The van der Waals surface area contributed by atoms with Crippen LogP contribution in [0.2, 0.25) is 0 Å². The van der Waals surface area contributed by atoms with Crippen molar-refractivity contribution in [2.75, 3.05) is 13.1 Å². The fraction of sp³-hybridized carbons (Fsp3) is 0.538. The number of piperidine rings is 1. The molecule has 1 heterocycles. The lowest BCUT2D eigenvalue weighted by Gasteiger charge is -2.23. The Morgan fingerprint density at radius 2 is 2.00 bits per heavy atom. The largest absolute Gasteiger partial charge is 0.313 e. The van der Waals surface area contributed by atoms with Crippen LogP contribution >= 0.6 is 0 Å². The van der Waals surface area contributed by atoms with Crippen molar-refractivity contribution in [1.29, 1.82) is 0 Å². The third-order valence-corrected chi connectivity index (χ3v) is 4.55. The first-order valence-corrected chi connectivity index (χ1v) is 8.15. The first-order valence-electron chi connectivity index (χ1n) is 6.50. The van der Waals surface area contributed by atoms with Crippen LogP contribution < -0.4 is 10.0 Å². The maximum atomic E-state index is 12.7. The summed E-state index contributed by atoms with van der Waals surface area (Å²) in [6, 6.07) is 5.75. The first-order chi connectivity index (χ1) is 9.05. The SMILES string of the molecule is O=S(=O)(Cc1ccc(F)cc1)NCC1CCCCN1. The van der Waals surface area contributed by atoms with Crippen molar-refractivity contribution in [3.63, 3.8) is 0 Å². The van der Waals surface area contributed by atoms with E-state index in [-0.39, 0.29) is 17.6 Å². The minimum Gasteiger partial charge on any atom is -0.313 e. The predicted octanol–water partition coefficient (Wildman–Crippen LogP) is 1.39. The topological polar surface area (TPSA) is 58.2 Å². The van der Waals surface area contributed by atoms with Gasteiger partial charge in [0.05, 0.1) is 5.75 Å². The molecule has 2 N–H and O–H groups in total. The van der Waals surface area contributed by atoms with Crippen molar-refractivity contribution >= 4 is 10.0 Å². The molecule has 0 aromatic heterocycles. The fourth-order valence-electron chi connectivity index (χ4n) is 2.18. The van der Waals surface area contributed by atoms with Gasteiger partial charge in [-0.05, 0) is 37.1 Å². The summed E-state index contributed by atoms with van der Waals surface area (Å²) >= 11 is 0. The molecule has 1 atom stereocenters. The van der Waals surface area contributed by atoms with Gasteiger partial charge in [0.1, 0.15) is 5.82 Å². The average molecular weight is 286 g/mol. The summed E-state index contributed by atoms with van der Waals surface area (Å²) < 4.78 is 39.1. The van der Waals surface area contributed by atoms with Crippen molar-refractivity contribution < 1.29 is 12.8 Å². The molecule has 0 radical (unpaired) electrons. The minimum absolute atomic E-state index is 0.111. The van der Waals surface area contributed by atoms with E-state index < -0.39 is 10.0 Å². The van der Waals surface area contributed by atoms with E-state index in [4.69, 9.17) is 0 Å². The van der Waals surface area contributed by atoms with Crippen LogP contribution in [0.15, 0.2) is 24.3 Å². The lowest BCUT2D eigenvalue weighted by molar-refractivity contribution is 0.398. The zero-order valence-corrected chi connectivity index (χ0v) is 11.5. The highest BCUT2D eigenvalue weighted by Gasteiger charge is 2.17. The number of sulfonamides is 1. The molecule has 106 valence electrons. The summed E-state index contributed by atoms with van der Waals surface area (Å²) in [4.78, 5) is 0. The summed E-state index contributed by atoms with van der Waals surface area (Å²) in [6.07, 6.45) is 3.29. The van der Waals surface area contributed by atoms with Gasteiger partial charge < -0.3 is 5.32 Å². The van der Waals surface area contributed by atoms with Gasteiger partial charge in [-0.25, -0.2) is 17.5 Å². The van der Waals surface area contributed by atoms with Gasteiger partial charge in [-0.1, -0.05) is 18.6 Å². The highest BCUT2D eigenvalue weighted by atomic mass is 32.2. The maximum Gasteiger partial charge on any atom is 0.215 e. The smallest absolute Gasteiger partial charge is 0.215 e. The highest BCUT2D eigenvalue weighted by molar-refractivity contribution is 7.88. The van der Waals surface area contributed by atoms with Crippen molar-refractivity contribution in [2.45, 2.75) is 31.1 Å². The molecule has 0 aliphatic carbocycles. The summed E-state index contributed by atoms with van der Waals surface area (Å²) in [5, 5.41) is 3.29. The van der Waals surface area contributed by atoms with Crippen LogP contribution in [0.25, 0.3) is 0 Å². The molecule has 6 heteroatoms. The molecule has 1 aromatic carbocycles. The van der Waals surface area contributed by atoms with Crippen molar-refractivity contribution in [2.24, 2.45) is 0 Å². The number of hydrogen-bond donors (Lipinski definition) is 2. The second-order valence-electron chi connectivity index (χ2n) is 4.88. The number of halogens is 1. The Labute approximate surface area is 113 Å². The van der Waals surface area contributed by atoms with Crippen LogP contribution in [-0.4, -0.2) is 27.5 Å². The summed E-state index contributed by atoms with van der Waals surface area (Å²) in [7, 11) is -3.36. The van der Waals surface area contributed by atoms with Gasteiger partial charge in [0.2, 0.25) is 10.0 Å². The van der Waals surface area contributed by atoms with Gasteiger partial charge in [0.25, 0.3) is 0 Å². The predicted molar refractivity (Wildman–Crippen MR) is 72.7 cm³/mol. The number of nitrogens with one attached hydrogen (secondary N) is 2. The normalized spacial score (nSPS) is 20.4. The quantitative estimate of drug-likeness (QED) is 0.860. The van der Waals surface area contributed by atoms with Crippen molar-refractivity contribution in [3.8, 4) is 0 Å².